The van der Waals surface area contributed by atoms with Gasteiger partial charge in [0, 0.05) is 6.20 Å². The lowest BCUT2D eigenvalue weighted by Gasteiger charge is -1.99. The van der Waals surface area contributed by atoms with Gasteiger partial charge in [-0.05, 0) is 18.9 Å². The largest absolute Gasteiger partial charge is 0.381 e. The summed E-state index contributed by atoms with van der Waals surface area (Å²) in [6.07, 6.45) is 6.78. The fourth-order valence-electron chi connectivity index (χ4n) is 0.381. The van der Waals surface area contributed by atoms with Crippen molar-refractivity contribution < 1.29 is 0 Å². The van der Waals surface area contributed by atoms with Crippen LogP contribution in [-0.4, -0.2) is 0 Å². The summed E-state index contributed by atoms with van der Waals surface area (Å²) in [7, 11) is 0. The van der Waals surface area contributed by atoms with Gasteiger partial charge in [-0.15, -0.1) is 0 Å². The second-order valence-electron chi connectivity index (χ2n) is 1.17. The molecule has 0 saturated carbocycles. The van der Waals surface area contributed by atoms with Gasteiger partial charge in [0.2, 0.25) is 0 Å². The monoisotopic (exact) mass is 80.1 g/mol. The highest BCUT2D eigenvalue weighted by molar-refractivity contribution is 4.82. The predicted molar refractivity (Wildman–Crippen MR) is 23.4 cm³/mol. The molecule has 0 atom stereocenters. The Morgan fingerprint density at radius 3 is 2.67 bits per heavy atom. The van der Waals surface area contributed by atoms with Crippen LogP contribution >= 0.6 is 0 Å². The molecule has 1 aliphatic rings. The third-order valence-electron chi connectivity index (χ3n) is 0.671. The van der Waals surface area contributed by atoms with Crippen molar-refractivity contribution in [1.82, 2.24) is 5.32 Å². The Kier molecular flexibility index (Phi) is 1.15. The molecule has 0 unspecified atom stereocenters. The second-order valence-corrected chi connectivity index (χ2v) is 1.17. The summed E-state index contributed by atoms with van der Waals surface area (Å²) in [6, 6.07) is 0. The van der Waals surface area contributed by atoms with Crippen LogP contribution in [0.3, 0.4) is 0 Å². The molecular formula is C5H6N. The minimum atomic E-state index is 0.997. The normalized spacial score (nSPS) is 20.0. The number of allylic oxidation sites excluding steroid dienone is 1. The maximum Gasteiger partial charge on any atom is 0.0879 e. The molecule has 0 aromatic carbocycles. The minimum absolute atomic E-state index is 0.997. The molecule has 1 heteroatoms. The summed E-state index contributed by atoms with van der Waals surface area (Å²) >= 11 is 0. The highest BCUT2D eigenvalue weighted by Gasteiger charge is 1.87. The third-order valence-corrected chi connectivity index (χ3v) is 0.671. The summed E-state index contributed by atoms with van der Waals surface area (Å²) in [6.45, 7) is 2.92. The molecule has 1 nitrogen and oxygen atoms in total. The summed E-state index contributed by atoms with van der Waals surface area (Å²) in [5.41, 5.74) is 0. The van der Waals surface area contributed by atoms with Gasteiger partial charge in [-0.2, -0.15) is 0 Å². The van der Waals surface area contributed by atoms with Crippen LogP contribution < -0.4 is 5.32 Å². The molecule has 0 aliphatic carbocycles. The molecule has 0 amide bonds. The van der Waals surface area contributed by atoms with Crippen LogP contribution in [-0.2, 0) is 0 Å². The van der Waals surface area contributed by atoms with Crippen LogP contribution in [0.15, 0.2) is 6.20 Å². The zero-order chi connectivity index (χ0) is 4.24. The first kappa shape index (κ1) is 3.72. The minimum Gasteiger partial charge on any atom is -0.381 e. The van der Waals surface area contributed by atoms with Crippen LogP contribution in [0.2, 0.25) is 0 Å². The van der Waals surface area contributed by atoms with Gasteiger partial charge in [0.15, 0.2) is 0 Å². The third kappa shape index (κ3) is 0.744. The van der Waals surface area contributed by atoms with E-state index in [0.29, 0.717) is 0 Å². The van der Waals surface area contributed by atoms with Gasteiger partial charge in [-0.1, -0.05) is 0 Å². The van der Waals surface area contributed by atoms with Gasteiger partial charge in [-0.3, -0.25) is 0 Å². The molecule has 1 rings (SSSR count). The van der Waals surface area contributed by atoms with Crippen LogP contribution in [0.5, 0.6) is 0 Å². The fourth-order valence-corrected chi connectivity index (χ4v) is 0.381. The van der Waals surface area contributed by atoms with Crippen molar-refractivity contribution in [2.75, 3.05) is 0 Å². The van der Waals surface area contributed by atoms with Crippen molar-refractivity contribution in [1.29, 1.82) is 0 Å². The van der Waals surface area contributed by atoms with Crippen molar-refractivity contribution in [2.45, 2.75) is 12.8 Å². The Hall–Kier alpha value is -0.460. The first-order valence-corrected chi connectivity index (χ1v) is 2.03. The lowest BCUT2D eigenvalue weighted by atomic mass is 10.2. The van der Waals surface area contributed by atoms with E-state index in [9.17, 15) is 0 Å². The highest BCUT2D eigenvalue weighted by atomic mass is 14.8. The Bertz CT molecular complexity index is 49.0. The molecule has 1 N–H and O–H groups in total. The van der Waals surface area contributed by atoms with Gasteiger partial charge in [0.25, 0.3) is 0 Å². The van der Waals surface area contributed by atoms with Crippen LogP contribution in [0.1, 0.15) is 12.8 Å². The van der Waals surface area contributed by atoms with E-state index in [1.165, 1.54) is 0 Å². The van der Waals surface area contributed by atoms with Crippen LogP contribution in [0.4, 0.5) is 0 Å². The molecular weight excluding hydrogens is 74.1 g/mol. The zero-order valence-corrected chi connectivity index (χ0v) is 3.49. The van der Waals surface area contributed by atoms with E-state index < -0.39 is 0 Å². The maximum absolute atomic E-state index is 2.99. The first-order chi connectivity index (χ1) is 3.00. The Balaban J connectivity index is 2.26. The van der Waals surface area contributed by atoms with Crippen molar-refractivity contribution in [3.05, 3.63) is 18.8 Å². The fraction of sp³-hybridized carbons (Fsp3) is 0.400. The van der Waals surface area contributed by atoms with E-state index in [2.05, 4.69) is 17.9 Å². The smallest absolute Gasteiger partial charge is 0.0879 e. The van der Waals surface area contributed by atoms with E-state index in [-0.39, 0.29) is 0 Å². The SMILES string of the molecule is [C]1CC[C]=CN1. The Labute approximate surface area is 38.1 Å². The molecule has 6 heavy (non-hydrogen) atoms. The quantitative estimate of drug-likeness (QED) is 0.452. The average Bonchev–Trinajstić information content (AvgIpc) is 1.72. The van der Waals surface area contributed by atoms with E-state index in [4.69, 9.17) is 0 Å². The summed E-state index contributed by atoms with van der Waals surface area (Å²) < 4.78 is 0. The van der Waals surface area contributed by atoms with E-state index in [1.54, 1.807) is 6.20 Å². The van der Waals surface area contributed by atoms with Gasteiger partial charge in [0.05, 0.1) is 6.54 Å². The first-order valence-electron chi connectivity index (χ1n) is 2.03. The molecule has 0 bridgehead atoms. The van der Waals surface area contributed by atoms with Crippen molar-refractivity contribution >= 4 is 0 Å². The molecule has 0 fully saturated rings. The standard InChI is InChI=1S/C5H6N/c1-2-4-6-5-3-1/h5-6H,1-2H2. The zero-order valence-electron chi connectivity index (χ0n) is 3.49. The molecule has 31 valence electrons. The molecule has 0 aromatic heterocycles. The lowest BCUT2D eigenvalue weighted by Crippen LogP contribution is -2.03. The van der Waals surface area contributed by atoms with Gasteiger partial charge < -0.3 is 5.32 Å². The highest BCUT2D eigenvalue weighted by Crippen LogP contribution is 1.95. The van der Waals surface area contributed by atoms with Gasteiger partial charge in [-0.25, -0.2) is 0 Å². The topological polar surface area (TPSA) is 12.0 Å². The number of hydrogen-bond acceptors (Lipinski definition) is 1. The molecule has 0 aromatic rings. The lowest BCUT2D eigenvalue weighted by molar-refractivity contribution is 0.814. The maximum atomic E-state index is 2.99. The molecule has 0 saturated heterocycles. The van der Waals surface area contributed by atoms with E-state index >= 15 is 0 Å². The van der Waals surface area contributed by atoms with Gasteiger partial charge in [0.1, 0.15) is 0 Å². The van der Waals surface area contributed by atoms with Crippen molar-refractivity contribution in [2.24, 2.45) is 0 Å². The summed E-state index contributed by atoms with van der Waals surface area (Å²) in [5.74, 6) is 0. The van der Waals surface area contributed by atoms with E-state index in [0.717, 1.165) is 12.8 Å². The van der Waals surface area contributed by atoms with Crippen LogP contribution in [0, 0.1) is 12.6 Å². The average molecular weight is 80.1 g/mol. The van der Waals surface area contributed by atoms with Crippen LogP contribution in [0.25, 0.3) is 0 Å². The molecule has 3 radical (unpaired) electrons. The van der Waals surface area contributed by atoms with Crippen molar-refractivity contribution in [3.8, 4) is 0 Å². The van der Waals surface area contributed by atoms with Crippen molar-refractivity contribution in [3.63, 3.8) is 0 Å². The number of rotatable bonds is 0. The molecule has 1 heterocycles. The predicted octanol–water partition coefficient (Wildman–Crippen LogP) is 0.725. The Morgan fingerprint density at radius 2 is 2.50 bits per heavy atom. The van der Waals surface area contributed by atoms with E-state index in [1.807, 2.05) is 0 Å². The summed E-state index contributed by atoms with van der Waals surface area (Å²) in [4.78, 5) is 0. The molecule has 0 spiro atoms. The second kappa shape index (κ2) is 1.85. The molecule has 1 aliphatic heterocycles. The van der Waals surface area contributed by atoms with Gasteiger partial charge >= 0.3 is 0 Å². The number of hydrogen-bond donors (Lipinski definition) is 1. The Morgan fingerprint density at radius 1 is 1.50 bits per heavy atom. The number of nitrogens with one attached hydrogen (secondary N) is 1. The summed E-state index contributed by atoms with van der Waals surface area (Å²) in [5, 5.41) is 2.80.